The van der Waals surface area contributed by atoms with E-state index in [1.165, 1.54) is 28.9 Å². The zero-order valence-corrected chi connectivity index (χ0v) is 14.1. The SMILES string of the molecule is COc1ccc(C2CC2)c(CNc2cccc(N(C)C(N)=O)c2)c1. The summed E-state index contributed by atoms with van der Waals surface area (Å²) in [6.07, 6.45) is 2.52. The first-order chi connectivity index (χ1) is 11.6. The molecule has 2 aromatic rings. The van der Waals surface area contributed by atoms with Crippen LogP contribution in [-0.2, 0) is 6.54 Å². The average Bonchev–Trinajstić information content (AvgIpc) is 3.44. The zero-order valence-electron chi connectivity index (χ0n) is 14.1. The number of hydrogen-bond acceptors (Lipinski definition) is 3. The predicted molar refractivity (Wildman–Crippen MR) is 96.7 cm³/mol. The van der Waals surface area contributed by atoms with Crippen molar-refractivity contribution in [3.63, 3.8) is 0 Å². The number of amides is 2. The van der Waals surface area contributed by atoms with Crippen LogP contribution in [0.5, 0.6) is 5.75 Å². The minimum Gasteiger partial charge on any atom is -0.497 e. The molecule has 0 heterocycles. The molecule has 0 unspecified atom stereocenters. The molecule has 1 fully saturated rings. The molecule has 5 nitrogen and oxygen atoms in total. The van der Waals surface area contributed by atoms with Gasteiger partial charge in [0, 0.05) is 25.0 Å². The van der Waals surface area contributed by atoms with E-state index in [4.69, 9.17) is 10.5 Å². The second kappa shape index (κ2) is 6.83. The van der Waals surface area contributed by atoms with Crippen LogP contribution in [-0.4, -0.2) is 20.2 Å². The van der Waals surface area contributed by atoms with Crippen LogP contribution in [0.3, 0.4) is 0 Å². The number of methoxy groups -OCH3 is 1. The monoisotopic (exact) mass is 325 g/mol. The molecule has 0 atom stereocenters. The highest BCUT2D eigenvalue weighted by atomic mass is 16.5. The molecular weight excluding hydrogens is 302 g/mol. The highest BCUT2D eigenvalue weighted by Crippen LogP contribution is 2.42. The number of primary amides is 1. The Labute approximate surface area is 142 Å². The number of hydrogen-bond donors (Lipinski definition) is 2. The lowest BCUT2D eigenvalue weighted by atomic mass is 10.0. The van der Waals surface area contributed by atoms with Gasteiger partial charge < -0.3 is 15.8 Å². The van der Waals surface area contributed by atoms with Crippen molar-refractivity contribution in [1.82, 2.24) is 0 Å². The molecule has 0 spiro atoms. The Morgan fingerprint density at radius 2 is 2.08 bits per heavy atom. The van der Waals surface area contributed by atoms with Gasteiger partial charge in [0.05, 0.1) is 7.11 Å². The number of urea groups is 1. The Kier molecular flexibility index (Phi) is 4.60. The maximum Gasteiger partial charge on any atom is 0.318 e. The molecule has 2 amide bonds. The van der Waals surface area contributed by atoms with Crippen molar-refractivity contribution in [1.29, 1.82) is 0 Å². The van der Waals surface area contributed by atoms with Crippen LogP contribution in [0.15, 0.2) is 42.5 Å². The first kappa shape index (κ1) is 16.2. The van der Waals surface area contributed by atoms with Gasteiger partial charge in [-0.1, -0.05) is 12.1 Å². The van der Waals surface area contributed by atoms with Gasteiger partial charge in [0.2, 0.25) is 0 Å². The van der Waals surface area contributed by atoms with Gasteiger partial charge >= 0.3 is 6.03 Å². The Hall–Kier alpha value is -2.69. The zero-order chi connectivity index (χ0) is 17.1. The van der Waals surface area contributed by atoms with Crippen molar-refractivity contribution >= 4 is 17.4 Å². The summed E-state index contributed by atoms with van der Waals surface area (Å²) in [5.74, 6) is 1.55. The summed E-state index contributed by atoms with van der Waals surface area (Å²) in [6.45, 7) is 0.715. The van der Waals surface area contributed by atoms with E-state index in [0.717, 1.165) is 17.1 Å². The molecule has 1 aliphatic carbocycles. The van der Waals surface area contributed by atoms with Crippen molar-refractivity contribution in [2.75, 3.05) is 24.4 Å². The fourth-order valence-corrected chi connectivity index (χ4v) is 2.80. The standard InChI is InChI=1S/C19H23N3O2/c1-22(19(20)23)16-5-3-4-15(11-16)21-12-14-10-17(24-2)8-9-18(14)13-6-7-13/h3-5,8-11,13,21H,6-7,12H2,1-2H3,(H2,20,23). The maximum atomic E-state index is 11.3. The van der Waals surface area contributed by atoms with Crippen molar-refractivity contribution in [2.45, 2.75) is 25.3 Å². The number of anilines is 2. The van der Waals surface area contributed by atoms with E-state index >= 15 is 0 Å². The molecule has 0 bridgehead atoms. The average molecular weight is 325 g/mol. The van der Waals surface area contributed by atoms with E-state index in [2.05, 4.69) is 17.4 Å². The second-order valence-electron chi connectivity index (χ2n) is 6.14. The van der Waals surface area contributed by atoms with Gasteiger partial charge in [-0.3, -0.25) is 4.90 Å². The summed E-state index contributed by atoms with van der Waals surface area (Å²) in [6, 6.07) is 13.5. The normalized spacial score (nSPS) is 13.4. The molecule has 0 radical (unpaired) electrons. The second-order valence-corrected chi connectivity index (χ2v) is 6.14. The number of nitrogens with two attached hydrogens (primary N) is 1. The van der Waals surface area contributed by atoms with Crippen molar-refractivity contribution in [3.05, 3.63) is 53.6 Å². The summed E-state index contributed by atoms with van der Waals surface area (Å²) in [5, 5.41) is 3.44. The highest BCUT2D eigenvalue weighted by molar-refractivity contribution is 5.90. The van der Waals surface area contributed by atoms with Gasteiger partial charge in [0.15, 0.2) is 0 Å². The number of carbonyl (C=O) groups is 1. The number of nitrogens with zero attached hydrogens (tertiary/aromatic N) is 1. The summed E-state index contributed by atoms with van der Waals surface area (Å²) in [5.41, 5.74) is 9.69. The highest BCUT2D eigenvalue weighted by Gasteiger charge is 2.26. The lowest BCUT2D eigenvalue weighted by molar-refractivity contribution is 0.255. The fraction of sp³-hybridized carbons (Fsp3) is 0.316. The van der Waals surface area contributed by atoms with Crippen molar-refractivity contribution in [2.24, 2.45) is 5.73 Å². The number of carbonyl (C=O) groups excluding carboxylic acids is 1. The third-order valence-corrected chi connectivity index (χ3v) is 4.41. The molecule has 1 aliphatic rings. The smallest absolute Gasteiger partial charge is 0.318 e. The first-order valence-electron chi connectivity index (χ1n) is 8.12. The van der Waals surface area contributed by atoms with Crippen LogP contribution in [0.25, 0.3) is 0 Å². The fourth-order valence-electron chi connectivity index (χ4n) is 2.80. The van der Waals surface area contributed by atoms with Crippen molar-refractivity contribution < 1.29 is 9.53 Å². The van der Waals surface area contributed by atoms with Crippen LogP contribution in [0.4, 0.5) is 16.2 Å². The molecule has 3 rings (SSSR count). The van der Waals surface area contributed by atoms with Gasteiger partial charge in [-0.25, -0.2) is 4.79 Å². The Bertz CT molecular complexity index is 741. The van der Waals surface area contributed by atoms with E-state index in [9.17, 15) is 4.79 Å². The van der Waals surface area contributed by atoms with Crippen LogP contribution in [0, 0.1) is 0 Å². The third-order valence-electron chi connectivity index (χ3n) is 4.41. The molecule has 0 aromatic heterocycles. The van der Waals surface area contributed by atoms with Crippen molar-refractivity contribution in [3.8, 4) is 5.75 Å². The molecule has 126 valence electrons. The van der Waals surface area contributed by atoms with E-state index in [0.29, 0.717) is 12.5 Å². The minimum atomic E-state index is -0.476. The number of rotatable bonds is 6. The van der Waals surface area contributed by atoms with E-state index in [1.807, 2.05) is 30.3 Å². The van der Waals surface area contributed by atoms with Gasteiger partial charge in [-0.2, -0.15) is 0 Å². The van der Waals surface area contributed by atoms with Crippen LogP contribution in [0.1, 0.15) is 29.9 Å². The molecule has 24 heavy (non-hydrogen) atoms. The van der Waals surface area contributed by atoms with Gasteiger partial charge in [0.1, 0.15) is 5.75 Å². The van der Waals surface area contributed by atoms with E-state index in [-0.39, 0.29) is 0 Å². The molecule has 0 aliphatic heterocycles. The lowest BCUT2D eigenvalue weighted by Gasteiger charge is -2.17. The quantitative estimate of drug-likeness (QED) is 0.851. The maximum absolute atomic E-state index is 11.3. The summed E-state index contributed by atoms with van der Waals surface area (Å²) >= 11 is 0. The Morgan fingerprint density at radius 3 is 2.75 bits per heavy atom. The number of ether oxygens (including phenoxy) is 1. The van der Waals surface area contributed by atoms with Crippen LogP contribution >= 0.6 is 0 Å². The van der Waals surface area contributed by atoms with Gasteiger partial charge in [-0.05, 0) is 60.2 Å². The molecule has 0 saturated heterocycles. The topological polar surface area (TPSA) is 67.6 Å². The summed E-state index contributed by atoms with van der Waals surface area (Å²) < 4.78 is 5.35. The Morgan fingerprint density at radius 1 is 1.29 bits per heavy atom. The lowest BCUT2D eigenvalue weighted by Crippen LogP contribution is -2.31. The number of nitrogens with one attached hydrogen (secondary N) is 1. The number of benzene rings is 2. The largest absolute Gasteiger partial charge is 0.497 e. The third kappa shape index (κ3) is 3.62. The van der Waals surface area contributed by atoms with Gasteiger partial charge in [0.25, 0.3) is 0 Å². The first-order valence-corrected chi connectivity index (χ1v) is 8.12. The Balaban J connectivity index is 1.76. The molecule has 5 heteroatoms. The molecule has 1 saturated carbocycles. The molecular formula is C19H23N3O2. The predicted octanol–water partition coefficient (Wildman–Crippen LogP) is 3.70. The summed E-state index contributed by atoms with van der Waals surface area (Å²) in [7, 11) is 3.35. The summed E-state index contributed by atoms with van der Waals surface area (Å²) in [4.78, 5) is 12.7. The molecule has 3 N–H and O–H groups in total. The van der Waals surface area contributed by atoms with Crippen LogP contribution in [0.2, 0.25) is 0 Å². The van der Waals surface area contributed by atoms with E-state index < -0.39 is 6.03 Å². The van der Waals surface area contributed by atoms with Gasteiger partial charge in [-0.15, -0.1) is 0 Å². The van der Waals surface area contributed by atoms with Crippen LogP contribution < -0.4 is 20.7 Å². The minimum absolute atomic E-state index is 0.476. The van der Waals surface area contributed by atoms with E-state index in [1.54, 1.807) is 14.2 Å². The molecule has 2 aromatic carbocycles.